The van der Waals surface area contributed by atoms with Crippen LogP contribution in [0, 0.1) is 10.1 Å². The molecular weight excluding hydrogens is 248 g/mol. The van der Waals surface area contributed by atoms with Gasteiger partial charge >= 0.3 is 0 Å². The number of fused-ring (bicyclic) bond motifs is 1. The summed E-state index contributed by atoms with van der Waals surface area (Å²) in [5.74, 6) is 0.294. The van der Waals surface area contributed by atoms with Crippen LogP contribution in [-0.4, -0.2) is 23.3 Å². The summed E-state index contributed by atoms with van der Waals surface area (Å²) < 4.78 is 4.94. The lowest BCUT2D eigenvalue weighted by Crippen LogP contribution is -1.91. The number of non-ortho nitro benzene ring substituents is 1. The van der Waals surface area contributed by atoms with E-state index >= 15 is 0 Å². The molecule has 6 nitrogen and oxygen atoms in total. The van der Waals surface area contributed by atoms with E-state index in [4.69, 9.17) is 16.3 Å². The van der Waals surface area contributed by atoms with Crippen LogP contribution in [0.25, 0.3) is 10.9 Å². The van der Waals surface area contributed by atoms with Gasteiger partial charge < -0.3 is 9.72 Å². The summed E-state index contributed by atoms with van der Waals surface area (Å²) >= 11 is 5.79. The molecule has 0 aliphatic heterocycles. The topological polar surface area (TPSA) is 85.2 Å². The van der Waals surface area contributed by atoms with Gasteiger partial charge in [-0.3, -0.25) is 14.9 Å². The first-order valence-electron chi connectivity index (χ1n) is 4.57. The summed E-state index contributed by atoms with van der Waals surface area (Å²) in [5.41, 5.74) is 0.209. The lowest BCUT2D eigenvalue weighted by Gasteiger charge is -2.00. The maximum absolute atomic E-state index is 10.9. The zero-order valence-corrected chi connectivity index (χ0v) is 9.45. The summed E-state index contributed by atoms with van der Waals surface area (Å²) in [6.45, 7) is 0. The Balaban J connectivity index is 2.90. The summed E-state index contributed by atoms with van der Waals surface area (Å²) in [6, 6.07) is 2.79. The lowest BCUT2D eigenvalue weighted by molar-refractivity contribution is -0.383. The molecule has 0 spiro atoms. The fourth-order valence-electron chi connectivity index (χ4n) is 1.62. The third-order valence-corrected chi connectivity index (χ3v) is 2.70. The highest BCUT2D eigenvalue weighted by atomic mass is 35.5. The van der Waals surface area contributed by atoms with Gasteiger partial charge in [0.05, 0.1) is 23.7 Å². The number of nitro groups is 1. The minimum Gasteiger partial charge on any atom is -0.496 e. The van der Waals surface area contributed by atoms with Crippen LogP contribution in [0.1, 0.15) is 10.4 Å². The molecule has 0 amide bonds. The SMILES string of the molecule is COc1cc([N+](=O)[O-])c2[nH]c(Cl)c(C=O)c2c1. The number of ether oxygens (including phenoxy) is 1. The molecule has 0 fully saturated rings. The molecule has 7 heteroatoms. The van der Waals surface area contributed by atoms with Gasteiger partial charge in [-0.25, -0.2) is 0 Å². The van der Waals surface area contributed by atoms with E-state index in [9.17, 15) is 14.9 Å². The minimum atomic E-state index is -0.563. The van der Waals surface area contributed by atoms with Gasteiger partial charge in [-0.2, -0.15) is 0 Å². The lowest BCUT2D eigenvalue weighted by atomic mass is 10.1. The van der Waals surface area contributed by atoms with E-state index < -0.39 is 4.92 Å². The zero-order valence-electron chi connectivity index (χ0n) is 8.69. The van der Waals surface area contributed by atoms with Gasteiger partial charge in [0.1, 0.15) is 16.4 Å². The molecule has 0 saturated heterocycles. The Morgan fingerprint density at radius 2 is 2.24 bits per heavy atom. The summed E-state index contributed by atoms with van der Waals surface area (Å²) in [4.78, 5) is 23.8. The van der Waals surface area contributed by atoms with Crippen LogP contribution in [0.2, 0.25) is 5.15 Å². The Kier molecular flexibility index (Phi) is 2.72. The molecule has 17 heavy (non-hydrogen) atoms. The van der Waals surface area contributed by atoms with Crippen molar-refractivity contribution in [2.45, 2.75) is 0 Å². The Labute approximate surface area is 100 Å². The van der Waals surface area contributed by atoms with Gasteiger partial charge in [0.2, 0.25) is 0 Å². The van der Waals surface area contributed by atoms with Crippen LogP contribution < -0.4 is 4.74 Å². The van der Waals surface area contributed by atoms with E-state index in [0.29, 0.717) is 17.4 Å². The number of hydrogen-bond acceptors (Lipinski definition) is 4. The van der Waals surface area contributed by atoms with Crippen LogP contribution >= 0.6 is 11.6 Å². The number of nitrogens with one attached hydrogen (secondary N) is 1. The largest absolute Gasteiger partial charge is 0.496 e. The first kappa shape index (κ1) is 11.4. The van der Waals surface area contributed by atoms with Gasteiger partial charge in [0.15, 0.2) is 6.29 Å². The number of hydrogen-bond donors (Lipinski definition) is 1. The third kappa shape index (κ3) is 1.72. The fourth-order valence-corrected chi connectivity index (χ4v) is 1.86. The van der Waals surface area contributed by atoms with E-state index in [1.54, 1.807) is 0 Å². The molecule has 0 aliphatic carbocycles. The molecular formula is C10H7ClN2O4. The quantitative estimate of drug-likeness (QED) is 0.518. The van der Waals surface area contributed by atoms with Crippen molar-refractivity contribution in [3.05, 3.63) is 33.0 Å². The van der Waals surface area contributed by atoms with E-state index in [-0.39, 0.29) is 21.9 Å². The van der Waals surface area contributed by atoms with Crippen molar-refractivity contribution >= 4 is 34.5 Å². The first-order chi connectivity index (χ1) is 8.08. The van der Waals surface area contributed by atoms with E-state index in [0.717, 1.165) is 0 Å². The van der Waals surface area contributed by atoms with Crippen molar-refractivity contribution in [3.8, 4) is 5.75 Å². The van der Waals surface area contributed by atoms with Gasteiger partial charge in [-0.1, -0.05) is 11.6 Å². The minimum absolute atomic E-state index is 0.0753. The number of carbonyl (C=O) groups is 1. The number of rotatable bonds is 3. The Morgan fingerprint density at radius 1 is 1.53 bits per heavy atom. The van der Waals surface area contributed by atoms with Gasteiger partial charge in [-0.05, 0) is 6.07 Å². The Hall–Kier alpha value is -2.08. The number of methoxy groups -OCH3 is 1. The van der Waals surface area contributed by atoms with Crippen molar-refractivity contribution in [2.24, 2.45) is 0 Å². The monoisotopic (exact) mass is 254 g/mol. The molecule has 0 radical (unpaired) electrons. The van der Waals surface area contributed by atoms with Crippen molar-refractivity contribution < 1.29 is 14.5 Å². The van der Waals surface area contributed by atoms with Crippen molar-refractivity contribution in [1.29, 1.82) is 0 Å². The molecule has 2 rings (SSSR count). The predicted octanol–water partition coefficient (Wildman–Crippen LogP) is 2.55. The number of aldehydes is 1. The highest BCUT2D eigenvalue weighted by Gasteiger charge is 2.20. The van der Waals surface area contributed by atoms with Crippen LogP contribution in [0.3, 0.4) is 0 Å². The Morgan fingerprint density at radius 3 is 2.76 bits per heavy atom. The van der Waals surface area contributed by atoms with Crippen LogP contribution in [-0.2, 0) is 0 Å². The number of halogens is 1. The smallest absolute Gasteiger partial charge is 0.297 e. The number of nitro benzene ring substituents is 1. The maximum Gasteiger partial charge on any atom is 0.297 e. The normalized spacial score (nSPS) is 10.5. The number of nitrogens with zero attached hydrogens (tertiary/aromatic N) is 1. The summed E-state index contributed by atoms with van der Waals surface area (Å²) in [6.07, 6.45) is 0.546. The predicted molar refractivity (Wildman–Crippen MR) is 61.9 cm³/mol. The molecule has 1 aromatic carbocycles. The molecule has 0 bridgehead atoms. The first-order valence-corrected chi connectivity index (χ1v) is 4.95. The molecule has 0 aliphatic rings. The Bertz CT molecular complexity index is 620. The van der Waals surface area contributed by atoms with E-state index in [2.05, 4.69) is 4.98 Å². The molecule has 88 valence electrons. The van der Waals surface area contributed by atoms with Crippen molar-refractivity contribution in [3.63, 3.8) is 0 Å². The number of aromatic amines is 1. The van der Waals surface area contributed by atoms with Gasteiger partial charge in [-0.15, -0.1) is 0 Å². The second kappa shape index (κ2) is 4.06. The molecule has 1 heterocycles. The second-order valence-corrected chi connectivity index (χ2v) is 3.67. The number of benzene rings is 1. The highest BCUT2D eigenvalue weighted by molar-refractivity contribution is 6.34. The van der Waals surface area contributed by atoms with Crippen molar-refractivity contribution in [2.75, 3.05) is 7.11 Å². The second-order valence-electron chi connectivity index (χ2n) is 3.30. The average Bonchev–Trinajstić information content (AvgIpc) is 2.62. The average molecular weight is 255 g/mol. The number of H-pyrrole nitrogens is 1. The zero-order chi connectivity index (χ0) is 12.6. The molecule has 2 aromatic rings. The molecule has 1 N–H and O–H groups in total. The van der Waals surface area contributed by atoms with Gasteiger partial charge in [0, 0.05) is 5.39 Å². The van der Waals surface area contributed by atoms with Crippen LogP contribution in [0.5, 0.6) is 5.75 Å². The maximum atomic E-state index is 10.9. The van der Waals surface area contributed by atoms with E-state index in [1.165, 1.54) is 19.2 Å². The van der Waals surface area contributed by atoms with Gasteiger partial charge in [0.25, 0.3) is 5.69 Å². The number of aromatic nitrogens is 1. The summed E-state index contributed by atoms with van der Waals surface area (Å²) in [5, 5.41) is 11.3. The molecule has 0 saturated carbocycles. The van der Waals surface area contributed by atoms with Crippen LogP contribution in [0.4, 0.5) is 5.69 Å². The summed E-state index contributed by atoms with van der Waals surface area (Å²) in [7, 11) is 1.39. The molecule has 0 unspecified atom stereocenters. The third-order valence-electron chi connectivity index (χ3n) is 2.40. The van der Waals surface area contributed by atoms with Crippen LogP contribution in [0.15, 0.2) is 12.1 Å². The fraction of sp³-hybridized carbons (Fsp3) is 0.100. The number of carbonyl (C=O) groups excluding carboxylic acids is 1. The molecule has 1 aromatic heterocycles. The van der Waals surface area contributed by atoms with Crippen molar-refractivity contribution in [1.82, 2.24) is 4.98 Å². The molecule has 0 atom stereocenters. The van der Waals surface area contributed by atoms with E-state index in [1.807, 2.05) is 0 Å². The highest BCUT2D eigenvalue weighted by Crippen LogP contribution is 2.34. The standard InChI is InChI=1S/C10H7ClN2O4/c1-17-5-2-6-7(4-14)10(11)12-9(6)8(3-5)13(15)16/h2-4,12H,1H3.